The first-order valence-electron chi connectivity index (χ1n) is 7.68. The molecule has 1 saturated heterocycles. The summed E-state index contributed by atoms with van der Waals surface area (Å²) in [4.78, 5) is 12.2. The number of alkyl halides is 3. The fourth-order valence-electron chi connectivity index (χ4n) is 2.64. The van der Waals surface area contributed by atoms with Gasteiger partial charge in [0.25, 0.3) is 5.91 Å². The minimum Gasteiger partial charge on any atom is -0.348 e. The van der Waals surface area contributed by atoms with Gasteiger partial charge < -0.3 is 10.6 Å². The lowest BCUT2D eigenvalue weighted by atomic mass is 10.1. The molecule has 0 atom stereocenters. The van der Waals surface area contributed by atoms with Crippen molar-refractivity contribution < 1.29 is 18.0 Å². The molecule has 1 aromatic heterocycles. The maximum atomic E-state index is 12.8. The van der Waals surface area contributed by atoms with E-state index in [-0.39, 0.29) is 35.7 Å². The van der Waals surface area contributed by atoms with E-state index in [0.29, 0.717) is 0 Å². The van der Waals surface area contributed by atoms with Gasteiger partial charge in [-0.2, -0.15) is 18.3 Å². The molecule has 0 spiro atoms. The van der Waals surface area contributed by atoms with E-state index >= 15 is 0 Å². The molecular formula is C16H18ClF3N4O. The minimum absolute atomic E-state index is 0. The molecule has 1 aromatic carbocycles. The Kier molecular flexibility index (Phi) is 6.07. The first kappa shape index (κ1) is 19.3. The largest absolute Gasteiger partial charge is 0.416 e. The van der Waals surface area contributed by atoms with Crippen LogP contribution in [0, 0.1) is 0 Å². The van der Waals surface area contributed by atoms with Gasteiger partial charge in [0, 0.05) is 12.2 Å². The normalized spacial score (nSPS) is 15.5. The van der Waals surface area contributed by atoms with Crippen LogP contribution in [0.25, 0.3) is 5.69 Å². The molecule has 5 nitrogen and oxygen atoms in total. The number of nitrogens with one attached hydrogen (secondary N) is 2. The van der Waals surface area contributed by atoms with Crippen molar-refractivity contribution in [3.05, 3.63) is 47.8 Å². The second-order valence-electron chi connectivity index (χ2n) is 5.69. The van der Waals surface area contributed by atoms with E-state index in [9.17, 15) is 18.0 Å². The third-order valence-corrected chi connectivity index (χ3v) is 3.93. The molecule has 2 aromatic rings. The average Bonchev–Trinajstić information content (AvgIpc) is 3.05. The lowest BCUT2D eigenvalue weighted by Gasteiger charge is -2.23. The van der Waals surface area contributed by atoms with E-state index in [1.807, 2.05) is 0 Å². The van der Waals surface area contributed by atoms with Gasteiger partial charge in [0.2, 0.25) is 0 Å². The van der Waals surface area contributed by atoms with E-state index in [2.05, 4.69) is 15.7 Å². The molecule has 136 valence electrons. The molecular weight excluding hydrogens is 357 g/mol. The molecule has 9 heteroatoms. The molecule has 0 radical (unpaired) electrons. The number of benzene rings is 1. The number of amides is 1. The highest BCUT2D eigenvalue weighted by atomic mass is 35.5. The molecule has 0 unspecified atom stereocenters. The predicted octanol–water partition coefficient (Wildman–Crippen LogP) is 2.79. The van der Waals surface area contributed by atoms with E-state index < -0.39 is 11.7 Å². The molecule has 2 heterocycles. The first-order chi connectivity index (χ1) is 11.4. The highest BCUT2D eigenvalue weighted by molar-refractivity contribution is 5.92. The zero-order valence-corrected chi connectivity index (χ0v) is 14.0. The Hall–Kier alpha value is -2.06. The topological polar surface area (TPSA) is 59.0 Å². The van der Waals surface area contributed by atoms with E-state index in [4.69, 9.17) is 0 Å². The van der Waals surface area contributed by atoms with Crippen LogP contribution in [0.5, 0.6) is 0 Å². The molecule has 25 heavy (non-hydrogen) atoms. The van der Waals surface area contributed by atoms with Crippen LogP contribution in [-0.2, 0) is 6.18 Å². The lowest BCUT2D eigenvalue weighted by Crippen LogP contribution is -2.42. The maximum Gasteiger partial charge on any atom is 0.416 e. The van der Waals surface area contributed by atoms with Crippen molar-refractivity contribution in [3.8, 4) is 5.69 Å². The van der Waals surface area contributed by atoms with Crippen molar-refractivity contribution in [1.82, 2.24) is 20.4 Å². The Morgan fingerprint density at radius 3 is 2.64 bits per heavy atom. The monoisotopic (exact) mass is 374 g/mol. The van der Waals surface area contributed by atoms with Crippen LogP contribution in [0.3, 0.4) is 0 Å². The SMILES string of the molecule is Cl.O=C(NC1CCNCC1)c1ccn(-c2cccc(C(F)(F)F)c2)n1. The molecule has 0 saturated carbocycles. The standard InChI is InChI=1S/C16H17F3N4O.ClH/c17-16(18,19)11-2-1-3-13(10-11)23-9-6-14(22-23)15(24)21-12-4-7-20-8-5-12;/h1-3,6,9-10,12,20H,4-5,7-8H2,(H,21,24);1H. The Balaban J connectivity index is 0.00000225. The smallest absolute Gasteiger partial charge is 0.348 e. The van der Waals surface area contributed by atoms with Crippen molar-refractivity contribution in [2.75, 3.05) is 13.1 Å². The number of carbonyl (C=O) groups is 1. The molecule has 1 aliphatic rings. The van der Waals surface area contributed by atoms with E-state index in [1.54, 1.807) is 0 Å². The summed E-state index contributed by atoms with van der Waals surface area (Å²) in [6.07, 6.45) is -1.24. The van der Waals surface area contributed by atoms with Gasteiger partial charge >= 0.3 is 6.18 Å². The van der Waals surface area contributed by atoms with E-state index in [1.165, 1.54) is 29.1 Å². The first-order valence-corrected chi connectivity index (χ1v) is 7.68. The summed E-state index contributed by atoms with van der Waals surface area (Å²) in [5, 5.41) is 10.2. The number of carbonyl (C=O) groups excluding carboxylic acids is 1. The molecule has 0 aliphatic carbocycles. The second-order valence-corrected chi connectivity index (χ2v) is 5.69. The zero-order chi connectivity index (χ0) is 17.2. The van der Waals surface area contributed by atoms with Crippen molar-refractivity contribution in [2.45, 2.75) is 25.1 Å². The van der Waals surface area contributed by atoms with Crippen LogP contribution in [0.2, 0.25) is 0 Å². The van der Waals surface area contributed by atoms with Gasteiger partial charge in [-0.3, -0.25) is 4.79 Å². The van der Waals surface area contributed by atoms with Crippen molar-refractivity contribution in [1.29, 1.82) is 0 Å². The highest BCUT2D eigenvalue weighted by Gasteiger charge is 2.30. The van der Waals surface area contributed by atoms with Gasteiger partial charge in [-0.15, -0.1) is 12.4 Å². The molecule has 0 bridgehead atoms. The van der Waals surface area contributed by atoms with Crippen molar-refractivity contribution >= 4 is 18.3 Å². The van der Waals surface area contributed by atoms with Gasteiger partial charge in [0.05, 0.1) is 11.3 Å². The van der Waals surface area contributed by atoms with Gasteiger partial charge in [0.1, 0.15) is 0 Å². The summed E-state index contributed by atoms with van der Waals surface area (Å²) in [5.41, 5.74) is -0.312. The lowest BCUT2D eigenvalue weighted by molar-refractivity contribution is -0.137. The van der Waals surface area contributed by atoms with Crippen LogP contribution >= 0.6 is 12.4 Å². The summed E-state index contributed by atoms with van der Waals surface area (Å²) < 4.78 is 39.6. The fraction of sp³-hybridized carbons (Fsp3) is 0.375. The average molecular weight is 375 g/mol. The number of hydrogen-bond donors (Lipinski definition) is 2. The molecule has 1 fully saturated rings. The molecule has 2 N–H and O–H groups in total. The zero-order valence-electron chi connectivity index (χ0n) is 13.2. The number of aromatic nitrogens is 2. The fourth-order valence-corrected chi connectivity index (χ4v) is 2.64. The second kappa shape index (κ2) is 7.88. The molecule has 1 aliphatic heterocycles. The maximum absolute atomic E-state index is 12.8. The quantitative estimate of drug-likeness (QED) is 0.868. The van der Waals surface area contributed by atoms with Gasteiger partial charge in [0.15, 0.2) is 5.69 Å². The minimum atomic E-state index is -4.42. The Labute approximate surface area is 149 Å². The summed E-state index contributed by atoms with van der Waals surface area (Å²) in [5.74, 6) is -0.312. The van der Waals surface area contributed by atoms with Crippen LogP contribution in [-0.4, -0.2) is 34.8 Å². The number of halogens is 4. The predicted molar refractivity (Wildman–Crippen MR) is 89.2 cm³/mol. The van der Waals surface area contributed by atoms with Crippen LogP contribution in [0.4, 0.5) is 13.2 Å². The van der Waals surface area contributed by atoms with Crippen LogP contribution in [0.15, 0.2) is 36.5 Å². The summed E-state index contributed by atoms with van der Waals surface area (Å²) in [7, 11) is 0. The van der Waals surface area contributed by atoms with Gasteiger partial charge in [-0.25, -0.2) is 4.68 Å². The number of hydrogen-bond acceptors (Lipinski definition) is 3. The molecule has 3 rings (SSSR count). The van der Waals surface area contributed by atoms with Crippen molar-refractivity contribution in [3.63, 3.8) is 0 Å². The van der Waals surface area contributed by atoms with E-state index in [0.717, 1.165) is 38.1 Å². The van der Waals surface area contributed by atoms with Crippen LogP contribution in [0.1, 0.15) is 28.9 Å². The number of nitrogens with zero attached hydrogens (tertiary/aromatic N) is 2. The third kappa shape index (κ3) is 4.73. The molecule has 1 amide bonds. The van der Waals surface area contributed by atoms with Crippen LogP contribution < -0.4 is 10.6 Å². The third-order valence-electron chi connectivity index (χ3n) is 3.93. The summed E-state index contributed by atoms with van der Waals surface area (Å²) in [6.45, 7) is 1.70. The summed E-state index contributed by atoms with van der Waals surface area (Å²) in [6, 6.07) is 6.42. The Bertz CT molecular complexity index is 726. The highest BCUT2D eigenvalue weighted by Crippen LogP contribution is 2.30. The van der Waals surface area contributed by atoms with Gasteiger partial charge in [-0.1, -0.05) is 6.07 Å². The Morgan fingerprint density at radius 1 is 1.24 bits per heavy atom. The summed E-state index contributed by atoms with van der Waals surface area (Å²) >= 11 is 0. The Morgan fingerprint density at radius 2 is 1.96 bits per heavy atom. The number of rotatable bonds is 3. The van der Waals surface area contributed by atoms with Gasteiger partial charge in [-0.05, 0) is 50.2 Å². The number of piperidine rings is 1. The van der Waals surface area contributed by atoms with Crippen molar-refractivity contribution in [2.24, 2.45) is 0 Å².